The summed E-state index contributed by atoms with van der Waals surface area (Å²) in [6.45, 7) is 7.46. The third kappa shape index (κ3) is 6.00. The van der Waals surface area contributed by atoms with Crippen LogP contribution >= 0.6 is 11.5 Å². The number of ether oxygens (including phenoxy) is 2. The van der Waals surface area contributed by atoms with Crippen molar-refractivity contribution in [3.05, 3.63) is 64.2 Å². The summed E-state index contributed by atoms with van der Waals surface area (Å²) in [5, 5.41) is 2.97. The molecule has 3 aromatic rings. The molecule has 0 aliphatic carbocycles. The molecular weight excluding hydrogens is 494 g/mol. The number of nitrogens with two attached hydrogens (primary N) is 2. The molecule has 0 saturated heterocycles. The zero-order valence-electron chi connectivity index (χ0n) is 21.6. The first kappa shape index (κ1) is 27.5. The van der Waals surface area contributed by atoms with Crippen LogP contribution in [0.25, 0.3) is 0 Å². The molecule has 10 nitrogen and oxygen atoms in total. The van der Waals surface area contributed by atoms with Crippen molar-refractivity contribution in [2.45, 2.75) is 39.3 Å². The summed E-state index contributed by atoms with van der Waals surface area (Å²) in [6, 6.07) is 11.0. The molecule has 196 valence electrons. The molecule has 0 aliphatic heterocycles. The van der Waals surface area contributed by atoms with E-state index in [4.69, 9.17) is 20.9 Å². The smallest absolute Gasteiger partial charge is 0.273 e. The van der Waals surface area contributed by atoms with Crippen LogP contribution in [0.15, 0.2) is 42.5 Å². The third-order valence-corrected chi connectivity index (χ3v) is 6.27. The fraction of sp³-hybridized carbons (Fsp3) is 0.308. The molecule has 0 bridgehead atoms. The zero-order valence-corrected chi connectivity index (χ0v) is 22.4. The molecule has 3 rings (SSSR count). The summed E-state index contributed by atoms with van der Waals surface area (Å²) >= 11 is 0.732. The van der Waals surface area contributed by atoms with Crippen molar-refractivity contribution in [1.29, 1.82) is 0 Å². The van der Waals surface area contributed by atoms with Crippen LogP contribution in [-0.4, -0.2) is 41.9 Å². The molecule has 0 radical (unpaired) electrons. The maximum absolute atomic E-state index is 14.2. The van der Waals surface area contributed by atoms with Gasteiger partial charge in [-0.1, -0.05) is 29.8 Å². The monoisotopic (exact) mass is 525 g/mol. The molecule has 0 fully saturated rings. The summed E-state index contributed by atoms with van der Waals surface area (Å²) in [6.07, 6.45) is 0. The Kier molecular flexibility index (Phi) is 8.07. The number of amides is 3. The molecule has 1 atom stereocenters. The van der Waals surface area contributed by atoms with Gasteiger partial charge in [-0.3, -0.25) is 19.3 Å². The number of carbonyl (C=O) groups is 3. The average molecular weight is 526 g/mol. The van der Waals surface area contributed by atoms with Gasteiger partial charge in [-0.2, -0.15) is 4.37 Å². The summed E-state index contributed by atoms with van der Waals surface area (Å²) < 4.78 is 14.9. The van der Waals surface area contributed by atoms with Gasteiger partial charge in [0.15, 0.2) is 5.69 Å². The number of methoxy groups -OCH3 is 2. The molecule has 2 aromatic carbocycles. The Hall–Kier alpha value is -4.12. The van der Waals surface area contributed by atoms with E-state index in [0.717, 1.165) is 17.1 Å². The Balaban J connectivity index is 2.31. The van der Waals surface area contributed by atoms with Crippen LogP contribution in [0.3, 0.4) is 0 Å². The largest absolute Gasteiger partial charge is 0.497 e. The van der Waals surface area contributed by atoms with Crippen LogP contribution in [0.2, 0.25) is 0 Å². The van der Waals surface area contributed by atoms with Crippen molar-refractivity contribution >= 4 is 40.6 Å². The number of carbonyl (C=O) groups excluding carboxylic acids is 3. The Morgan fingerprint density at radius 2 is 1.70 bits per heavy atom. The number of benzene rings is 2. The average Bonchev–Trinajstić information content (AvgIpc) is 3.23. The van der Waals surface area contributed by atoms with E-state index in [1.54, 1.807) is 30.3 Å². The predicted molar refractivity (Wildman–Crippen MR) is 143 cm³/mol. The fourth-order valence-electron chi connectivity index (χ4n) is 3.69. The maximum Gasteiger partial charge on any atom is 0.273 e. The normalized spacial score (nSPS) is 11.9. The number of hydrogen-bond acceptors (Lipinski definition) is 8. The minimum Gasteiger partial charge on any atom is -0.497 e. The highest BCUT2D eigenvalue weighted by Gasteiger charge is 2.38. The first-order valence-electron chi connectivity index (χ1n) is 11.4. The zero-order chi connectivity index (χ0) is 27.5. The Labute approximate surface area is 219 Å². The molecule has 1 aromatic heterocycles. The van der Waals surface area contributed by atoms with Gasteiger partial charge in [0.2, 0.25) is 5.91 Å². The van der Waals surface area contributed by atoms with Gasteiger partial charge in [-0.05, 0) is 56.9 Å². The number of aromatic nitrogens is 1. The maximum atomic E-state index is 14.2. The quantitative estimate of drug-likeness (QED) is 0.408. The van der Waals surface area contributed by atoms with Crippen LogP contribution in [0, 0.1) is 6.92 Å². The lowest BCUT2D eigenvalue weighted by Crippen LogP contribution is -2.49. The van der Waals surface area contributed by atoms with Crippen molar-refractivity contribution in [2.75, 3.05) is 24.9 Å². The molecule has 5 N–H and O–H groups in total. The Morgan fingerprint density at radius 3 is 2.22 bits per heavy atom. The minimum atomic E-state index is -1.13. The lowest BCUT2D eigenvalue weighted by atomic mass is 9.99. The van der Waals surface area contributed by atoms with E-state index in [1.807, 2.05) is 39.8 Å². The molecule has 0 aliphatic rings. The number of nitrogen functional groups attached to an aromatic ring is 1. The first-order valence-corrected chi connectivity index (χ1v) is 12.1. The molecule has 3 amide bonds. The predicted octanol–water partition coefficient (Wildman–Crippen LogP) is 3.45. The Morgan fingerprint density at radius 1 is 1.05 bits per heavy atom. The van der Waals surface area contributed by atoms with Crippen molar-refractivity contribution in [3.63, 3.8) is 0 Å². The molecule has 37 heavy (non-hydrogen) atoms. The second-order valence-corrected chi connectivity index (χ2v) is 10.2. The number of hydrogen-bond donors (Lipinski definition) is 3. The number of rotatable bonds is 8. The van der Waals surface area contributed by atoms with Gasteiger partial charge >= 0.3 is 0 Å². The second-order valence-electron chi connectivity index (χ2n) is 9.40. The summed E-state index contributed by atoms with van der Waals surface area (Å²) in [5.74, 6) is -1.16. The molecular formula is C26H31N5O5S. The summed E-state index contributed by atoms with van der Waals surface area (Å²) in [4.78, 5) is 41.0. The molecule has 11 heteroatoms. The second kappa shape index (κ2) is 10.9. The SMILES string of the molecule is COc1ccc(N(C(=O)c2snc(C(N)=O)c2N)[C@@H](C(=O)NC(C)(C)C)c2ccc(C)cc2)c(OC)c1. The van der Waals surface area contributed by atoms with E-state index in [-0.39, 0.29) is 27.7 Å². The topological polar surface area (TPSA) is 150 Å². The van der Waals surface area contributed by atoms with E-state index in [1.165, 1.54) is 19.1 Å². The molecule has 0 unspecified atom stereocenters. The van der Waals surface area contributed by atoms with Gasteiger partial charge in [-0.15, -0.1) is 0 Å². The minimum absolute atomic E-state index is 0.0349. The molecule has 1 heterocycles. The van der Waals surface area contributed by atoms with E-state index in [9.17, 15) is 14.4 Å². The van der Waals surface area contributed by atoms with Gasteiger partial charge in [-0.25, -0.2) is 0 Å². The molecule has 0 saturated carbocycles. The lowest BCUT2D eigenvalue weighted by Gasteiger charge is -2.34. The Bertz CT molecular complexity index is 1310. The van der Waals surface area contributed by atoms with E-state index in [0.29, 0.717) is 11.3 Å². The van der Waals surface area contributed by atoms with Crippen LogP contribution in [-0.2, 0) is 4.79 Å². The number of nitrogens with one attached hydrogen (secondary N) is 1. The van der Waals surface area contributed by atoms with Crippen LogP contribution < -0.4 is 31.2 Å². The number of primary amides is 1. The third-order valence-electron chi connectivity index (χ3n) is 5.42. The van der Waals surface area contributed by atoms with Gasteiger partial charge in [0.05, 0.1) is 25.6 Å². The van der Waals surface area contributed by atoms with E-state index < -0.39 is 29.3 Å². The van der Waals surface area contributed by atoms with Gasteiger partial charge in [0, 0.05) is 11.6 Å². The van der Waals surface area contributed by atoms with Crippen molar-refractivity contribution in [3.8, 4) is 11.5 Å². The van der Waals surface area contributed by atoms with Gasteiger partial charge < -0.3 is 26.3 Å². The van der Waals surface area contributed by atoms with Gasteiger partial charge in [0.25, 0.3) is 11.8 Å². The lowest BCUT2D eigenvalue weighted by molar-refractivity contribution is -0.123. The highest BCUT2D eigenvalue weighted by atomic mass is 32.1. The van der Waals surface area contributed by atoms with Crippen molar-refractivity contribution in [1.82, 2.24) is 9.69 Å². The number of anilines is 2. The molecule has 0 spiro atoms. The van der Waals surface area contributed by atoms with Gasteiger partial charge in [0.1, 0.15) is 22.4 Å². The number of nitrogens with zero attached hydrogens (tertiary/aromatic N) is 2. The standard InChI is InChI=1S/C26H31N5O5S/c1-14-7-9-15(10-8-14)21(24(33)29-26(2,3)4)31(17-12-11-16(35-5)13-18(17)36-6)25(34)22-19(27)20(23(28)32)30-37-22/h7-13,21H,27H2,1-6H3,(H2,28,32)(H,29,33)/t21-/m1/s1. The van der Waals surface area contributed by atoms with Crippen LogP contribution in [0.1, 0.15) is 58.1 Å². The fourth-order valence-corrected chi connectivity index (χ4v) is 4.43. The summed E-state index contributed by atoms with van der Waals surface area (Å²) in [5.41, 5.74) is 12.4. The highest BCUT2D eigenvalue weighted by molar-refractivity contribution is 7.09. The van der Waals surface area contributed by atoms with Crippen LogP contribution in [0.5, 0.6) is 11.5 Å². The van der Waals surface area contributed by atoms with Crippen LogP contribution in [0.4, 0.5) is 11.4 Å². The highest BCUT2D eigenvalue weighted by Crippen LogP contribution is 2.40. The first-order chi connectivity index (χ1) is 17.4. The van der Waals surface area contributed by atoms with E-state index in [2.05, 4.69) is 9.69 Å². The summed E-state index contributed by atoms with van der Waals surface area (Å²) in [7, 11) is 2.95. The van der Waals surface area contributed by atoms with E-state index >= 15 is 0 Å². The van der Waals surface area contributed by atoms with Crippen molar-refractivity contribution in [2.24, 2.45) is 5.73 Å². The van der Waals surface area contributed by atoms with Crippen molar-refractivity contribution < 1.29 is 23.9 Å². The number of aryl methyl sites for hydroxylation is 1.